The molecule has 1 fully saturated rings. The third kappa shape index (κ3) is 4.95. The van der Waals surface area contributed by atoms with Crippen LogP contribution in [0.3, 0.4) is 0 Å². The summed E-state index contributed by atoms with van der Waals surface area (Å²) in [7, 11) is 1.67. The predicted molar refractivity (Wildman–Crippen MR) is 105 cm³/mol. The molecule has 5 nitrogen and oxygen atoms in total. The van der Waals surface area contributed by atoms with Crippen molar-refractivity contribution in [2.24, 2.45) is 18.9 Å². The average molecular weight is 390 g/mol. The van der Waals surface area contributed by atoms with Crippen molar-refractivity contribution in [3.05, 3.63) is 41.6 Å². The van der Waals surface area contributed by atoms with E-state index in [1.807, 2.05) is 0 Å². The molecule has 0 spiro atoms. The summed E-state index contributed by atoms with van der Waals surface area (Å²) < 4.78 is 28.8. The molecule has 2 unspecified atom stereocenters. The monoisotopic (exact) mass is 390 g/mol. The Morgan fingerprint density at radius 1 is 1.25 bits per heavy atom. The van der Waals surface area contributed by atoms with Gasteiger partial charge in [-0.2, -0.15) is 5.10 Å². The molecule has 7 heteroatoms. The number of rotatable bonds is 6. The van der Waals surface area contributed by atoms with E-state index in [2.05, 4.69) is 29.2 Å². The summed E-state index contributed by atoms with van der Waals surface area (Å²) in [6.07, 6.45) is 3.68. The van der Waals surface area contributed by atoms with Crippen LogP contribution in [0.1, 0.15) is 37.0 Å². The van der Waals surface area contributed by atoms with E-state index in [0.717, 1.165) is 38.2 Å². The second kappa shape index (κ2) is 8.82. The minimum Gasteiger partial charge on any atom is -0.352 e. The van der Waals surface area contributed by atoms with Crippen molar-refractivity contribution in [1.29, 1.82) is 0 Å². The highest BCUT2D eigenvalue weighted by molar-refractivity contribution is 5.99. The van der Waals surface area contributed by atoms with Gasteiger partial charge in [0.05, 0.1) is 5.56 Å². The van der Waals surface area contributed by atoms with Gasteiger partial charge in [-0.25, -0.2) is 8.78 Å². The van der Waals surface area contributed by atoms with Gasteiger partial charge >= 0.3 is 0 Å². The van der Waals surface area contributed by atoms with Gasteiger partial charge in [-0.05, 0) is 43.4 Å². The molecule has 0 aliphatic carbocycles. The van der Waals surface area contributed by atoms with Gasteiger partial charge in [-0.3, -0.25) is 9.48 Å². The second-order valence-corrected chi connectivity index (χ2v) is 8.00. The lowest BCUT2D eigenvalue weighted by Crippen LogP contribution is -2.40. The van der Waals surface area contributed by atoms with Gasteiger partial charge in [0.1, 0.15) is 17.3 Å². The van der Waals surface area contributed by atoms with E-state index in [-0.39, 0.29) is 22.7 Å². The number of carbonyl (C=O) groups excluding carboxylic acids is 1. The number of halogens is 2. The number of aromatic nitrogens is 2. The summed E-state index contributed by atoms with van der Waals surface area (Å²) in [6.45, 7) is 8.26. The zero-order valence-electron chi connectivity index (χ0n) is 16.7. The Morgan fingerprint density at radius 3 is 2.64 bits per heavy atom. The molecular formula is C21H28F2N4O. The molecule has 0 bridgehead atoms. The number of piperidine rings is 1. The first-order valence-corrected chi connectivity index (χ1v) is 9.83. The Kier molecular flexibility index (Phi) is 6.44. The number of hydrogen-bond acceptors (Lipinski definition) is 3. The quantitative estimate of drug-likeness (QED) is 0.769. The van der Waals surface area contributed by atoms with Crippen molar-refractivity contribution >= 4 is 5.91 Å². The molecule has 28 heavy (non-hydrogen) atoms. The Labute approximate surface area is 164 Å². The molecule has 1 aliphatic heterocycles. The molecular weight excluding hydrogens is 362 g/mol. The number of carbonyl (C=O) groups is 1. The summed E-state index contributed by atoms with van der Waals surface area (Å²) in [5.74, 6) is -0.276. The van der Waals surface area contributed by atoms with Crippen LogP contribution >= 0.6 is 0 Å². The summed E-state index contributed by atoms with van der Waals surface area (Å²) in [4.78, 5) is 15.1. The molecule has 1 aromatic heterocycles. The number of aryl methyl sites for hydroxylation is 1. The second-order valence-electron chi connectivity index (χ2n) is 8.00. The number of nitrogens with one attached hydrogen (secondary N) is 1. The molecule has 0 radical (unpaired) electrons. The van der Waals surface area contributed by atoms with Crippen LogP contribution in [0.2, 0.25) is 0 Å². The number of likely N-dealkylation sites (tertiary alicyclic amines) is 1. The minimum atomic E-state index is -0.735. The third-order valence-electron chi connectivity index (χ3n) is 5.14. The number of nitrogens with zero attached hydrogens (tertiary/aromatic N) is 3. The summed E-state index contributed by atoms with van der Waals surface area (Å²) in [5.41, 5.74) is 0.618. The van der Waals surface area contributed by atoms with Crippen molar-refractivity contribution < 1.29 is 13.6 Å². The first kappa shape index (κ1) is 20.5. The summed E-state index contributed by atoms with van der Waals surface area (Å²) >= 11 is 0. The molecule has 2 heterocycles. The van der Waals surface area contributed by atoms with Crippen LogP contribution in [0.5, 0.6) is 0 Å². The molecule has 1 aromatic carbocycles. The average Bonchev–Trinajstić information content (AvgIpc) is 2.99. The van der Waals surface area contributed by atoms with Gasteiger partial charge in [-0.15, -0.1) is 0 Å². The maximum atomic E-state index is 14.1. The van der Waals surface area contributed by atoms with Crippen molar-refractivity contribution in [3.63, 3.8) is 0 Å². The highest BCUT2D eigenvalue weighted by Gasteiger charge is 2.22. The van der Waals surface area contributed by atoms with Crippen LogP contribution in [-0.4, -0.2) is 46.8 Å². The van der Waals surface area contributed by atoms with E-state index >= 15 is 0 Å². The van der Waals surface area contributed by atoms with Crippen LogP contribution in [0.25, 0.3) is 11.3 Å². The van der Waals surface area contributed by atoms with E-state index in [1.165, 1.54) is 17.2 Å². The number of benzene rings is 1. The van der Waals surface area contributed by atoms with Gasteiger partial charge in [0, 0.05) is 44.5 Å². The van der Waals surface area contributed by atoms with E-state index in [0.29, 0.717) is 18.4 Å². The number of amides is 1. The lowest BCUT2D eigenvalue weighted by molar-refractivity contribution is 0.0948. The van der Waals surface area contributed by atoms with Gasteiger partial charge < -0.3 is 10.2 Å². The molecule has 3 rings (SSSR count). The number of hydrogen-bond donors (Lipinski definition) is 1. The Balaban J connectivity index is 1.59. The highest BCUT2D eigenvalue weighted by atomic mass is 19.1. The Bertz CT molecular complexity index is 826. The molecule has 1 aliphatic rings. The molecule has 0 saturated carbocycles. The Hall–Kier alpha value is -2.28. The summed E-state index contributed by atoms with van der Waals surface area (Å²) in [5, 5.41) is 7.10. The van der Waals surface area contributed by atoms with Gasteiger partial charge in [0.15, 0.2) is 0 Å². The zero-order valence-corrected chi connectivity index (χ0v) is 16.7. The van der Waals surface area contributed by atoms with Crippen molar-refractivity contribution in [2.75, 3.05) is 26.2 Å². The SMILES string of the molecule is CC1CC(C)CN(CCCNC(=O)c2cn(C)nc2-c2ccc(F)cc2F)C1. The first-order valence-electron chi connectivity index (χ1n) is 9.83. The fourth-order valence-electron chi connectivity index (χ4n) is 4.11. The molecule has 1 N–H and O–H groups in total. The molecule has 2 atom stereocenters. The fourth-order valence-corrected chi connectivity index (χ4v) is 4.11. The van der Waals surface area contributed by atoms with Crippen LogP contribution in [-0.2, 0) is 7.05 Å². The maximum absolute atomic E-state index is 14.1. The van der Waals surface area contributed by atoms with E-state index in [1.54, 1.807) is 13.2 Å². The minimum absolute atomic E-state index is 0.114. The normalized spacial score (nSPS) is 20.3. The third-order valence-corrected chi connectivity index (χ3v) is 5.14. The molecule has 1 saturated heterocycles. The van der Waals surface area contributed by atoms with Crippen LogP contribution < -0.4 is 5.32 Å². The van der Waals surface area contributed by atoms with Crippen LogP contribution in [0, 0.1) is 23.5 Å². The van der Waals surface area contributed by atoms with Crippen molar-refractivity contribution in [1.82, 2.24) is 20.0 Å². The van der Waals surface area contributed by atoms with Gasteiger partial charge in [0.2, 0.25) is 0 Å². The van der Waals surface area contributed by atoms with Crippen molar-refractivity contribution in [3.8, 4) is 11.3 Å². The van der Waals surface area contributed by atoms with Crippen LogP contribution in [0.15, 0.2) is 24.4 Å². The van der Waals surface area contributed by atoms with Crippen LogP contribution in [0.4, 0.5) is 8.78 Å². The molecule has 152 valence electrons. The largest absolute Gasteiger partial charge is 0.352 e. The van der Waals surface area contributed by atoms with Gasteiger partial charge in [-0.1, -0.05) is 13.8 Å². The zero-order chi connectivity index (χ0) is 20.3. The summed E-state index contributed by atoms with van der Waals surface area (Å²) in [6, 6.07) is 3.27. The van der Waals surface area contributed by atoms with Crippen molar-refractivity contribution in [2.45, 2.75) is 26.7 Å². The molecule has 2 aromatic rings. The lowest BCUT2D eigenvalue weighted by atomic mass is 9.92. The van der Waals surface area contributed by atoms with E-state index in [9.17, 15) is 13.6 Å². The topological polar surface area (TPSA) is 50.2 Å². The highest BCUT2D eigenvalue weighted by Crippen LogP contribution is 2.25. The lowest BCUT2D eigenvalue weighted by Gasteiger charge is -2.34. The van der Waals surface area contributed by atoms with E-state index < -0.39 is 11.6 Å². The van der Waals surface area contributed by atoms with E-state index in [4.69, 9.17) is 0 Å². The first-order chi connectivity index (χ1) is 13.3. The van der Waals surface area contributed by atoms with Gasteiger partial charge in [0.25, 0.3) is 5.91 Å². The smallest absolute Gasteiger partial charge is 0.255 e. The fraction of sp³-hybridized carbons (Fsp3) is 0.524. The standard InChI is InChI=1S/C21H28F2N4O/c1-14-9-15(2)12-27(11-14)8-4-7-24-21(28)18-13-26(3)25-20(18)17-6-5-16(22)10-19(17)23/h5-6,10,13-15H,4,7-9,11-12H2,1-3H3,(H,24,28). The molecule has 1 amide bonds. The predicted octanol–water partition coefficient (Wildman–Crippen LogP) is 3.46. The Morgan fingerprint density at radius 2 is 1.96 bits per heavy atom. The maximum Gasteiger partial charge on any atom is 0.255 e.